The molecule has 0 radical (unpaired) electrons. The second-order valence-corrected chi connectivity index (χ2v) is 6.25. The Morgan fingerprint density at radius 3 is 2.37 bits per heavy atom. The van der Waals surface area contributed by atoms with Crippen LogP contribution in [0.5, 0.6) is 0 Å². The number of hydrogen-bond acceptors (Lipinski definition) is 2. The third-order valence-corrected chi connectivity index (χ3v) is 4.73. The van der Waals surface area contributed by atoms with Crippen molar-refractivity contribution in [3.63, 3.8) is 0 Å². The van der Waals surface area contributed by atoms with E-state index in [2.05, 4.69) is 37.9 Å². The number of hydrogen-bond donors (Lipinski definition) is 1. The lowest BCUT2D eigenvalue weighted by molar-refractivity contribution is 0.143. The lowest BCUT2D eigenvalue weighted by Gasteiger charge is -2.37. The molecule has 1 aliphatic carbocycles. The van der Waals surface area contributed by atoms with E-state index in [0.29, 0.717) is 6.04 Å². The van der Waals surface area contributed by atoms with Crippen molar-refractivity contribution < 1.29 is 0 Å². The van der Waals surface area contributed by atoms with E-state index in [0.717, 1.165) is 17.4 Å². The van der Waals surface area contributed by atoms with Gasteiger partial charge < -0.3 is 5.73 Å². The summed E-state index contributed by atoms with van der Waals surface area (Å²) in [4.78, 5) is 2.45. The SMILES string of the molecule is CCC(N)C(c1ccc(Cl)cc1)N(C)C(C)C1CC1. The van der Waals surface area contributed by atoms with Gasteiger partial charge in [-0.2, -0.15) is 0 Å². The first-order valence-electron chi connectivity index (χ1n) is 7.27. The van der Waals surface area contributed by atoms with E-state index in [1.165, 1.54) is 18.4 Å². The Hall–Kier alpha value is -0.570. The summed E-state index contributed by atoms with van der Waals surface area (Å²) in [6, 6.07) is 9.17. The van der Waals surface area contributed by atoms with Gasteiger partial charge in [-0.3, -0.25) is 4.90 Å². The number of rotatable bonds is 6. The average molecular weight is 281 g/mol. The average Bonchev–Trinajstić information content (AvgIpc) is 3.24. The predicted molar refractivity (Wildman–Crippen MR) is 82.4 cm³/mol. The molecular weight excluding hydrogens is 256 g/mol. The zero-order valence-electron chi connectivity index (χ0n) is 12.1. The summed E-state index contributed by atoms with van der Waals surface area (Å²) in [7, 11) is 2.21. The van der Waals surface area contributed by atoms with Gasteiger partial charge in [0.05, 0.1) is 0 Å². The first kappa shape index (κ1) is 14.8. The van der Waals surface area contributed by atoms with E-state index in [1.807, 2.05) is 12.1 Å². The molecular formula is C16H25ClN2. The summed E-state index contributed by atoms with van der Waals surface area (Å²) in [5.41, 5.74) is 7.64. The molecule has 3 heteroatoms. The normalized spacial score (nSPS) is 20.3. The molecule has 0 saturated heterocycles. The zero-order valence-corrected chi connectivity index (χ0v) is 12.9. The van der Waals surface area contributed by atoms with Crippen LogP contribution in [-0.4, -0.2) is 24.0 Å². The Morgan fingerprint density at radius 2 is 1.89 bits per heavy atom. The molecule has 1 fully saturated rings. The van der Waals surface area contributed by atoms with Gasteiger partial charge in [0.25, 0.3) is 0 Å². The zero-order chi connectivity index (χ0) is 14.0. The topological polar surface area (TPSA) is 29.3 Å². The number of halogens is 1. The Morgan fingerprint density at radius 1 is 1.32 bits per heavy atom. The van der Waals surface area contributed by atoms with Crippen molar-refractivity contribution in [2.24, 2.45) is 11.7 Å². The van der Waals surface area contributed by atoms with Crippen LogP contribution >= 0.6 is 11.6 Å². The van der Waals surface area contributed by atoms with E-state index in [1.54, 1.807) is 0 Å². The molecule has 19 heavy (non-hydrogen) atoms. The summed E-state index contributed by atoms with van der Waals surface area (Å²) >= 11 is 5.99. The van der Waals surface area contributed by atoms with Crippen molar-refractivity contribution in [1.29, 1.82) is 0 Å². The van der Waals surface area contributed by atoms with Crippen molar-refractivity contribution in [2.45, 2.75) is 51.2 Å². The fourth-order valence-corrected chi connectivity index (χ4v) is 2.96. The molecule has 2 rings (SSSR count). The Kier molecular flexibility index (Phi) is 4.88. The third kappa shape index (κ3) is 3.50. The van der Waals surface area contributed by atoms with Gasteiger partial charge in [-0.1, -0.05) is 30.7 Å². The van der Waals surface area contributed by atoms with Gasteiger partial charge in [0.15, 0.2) is 0 Å². The highest BCUT2D eigenvalue weighted by molar-refractivity contribution is 6.30. The van der Waals surface area contributed by atoms with Crippen molar-refractivity contribution in [3.05, 3.63) is 34.9 Å². The van der Waals surface area contributed by atoms with Crippen molar-refractivity contribution in [3.8, 4) is 0 Å². The van der Waals surface area contributed by atoms with Gasteiger partial charge in [0.2, 0.25) is 0 Å². The monoisotopic (exact) mass is 280 g/mol. The summed E-state index contributed by atoms with van der Waals surface area (Å²) < 4.78 is 0. The Bertz CT molecular complexity index is 400. The smallest absolute Gasteiger partial charge is 0.0498 e. The molecule has 2 nitrogen and oxygen atoms in total. The lowest BCUT2D eigenvalue weighted by Crippen LogP contribution is -2.43. The fourth-order valence-electron chi connectivity index (χ4n) is 2.83. The van der Waals surface area contributed by atoms with Crippen molar-refractivity contribution in [1.82, 2.24) is 4.90 Å². The molecule has 3 unspecified atom stereocenters. The van der Waals surface area contributed by atoms with Crippen molar-refractivity contribution in [2.75, 3.05) is 7.05 Å². The quantitative estimate of drug-likeness (QED) is 0.858. The van der Waals surface area contributed by atoms with Gasteiger partial charge in [0.1, 0.15) is 0 Å². The third-order valence-electron chi connectivity index (χ3n) is 4.47. The van der Waals surface area contributed by atoms with Gasteiger partial charge in [-0.15, -0.1) is 0 Å². The van der Waals surface area contributed by atoms with Crippen LogP contribution < -0.4 is 5.73 Å². The van der Waals surface area contributed by atoms with Crippen LogP contribution in [0.2, 0.25) is 5.02 Å². The van der Waals surface area contributed by atoms with E-state index >= 15 is 0 Å². The summed E-state index contributed by atoms with van der Waals surface area (Å²) in [5.74, 6) is 0.851. The van der Waals surface area contributed by atoms with Crippen LogP contribution in [0.1, 0.15) is 44.7 Å². The number of likely N-dealkylation sites (N-methyl/N-ethyl adjacent to an activating group) is 1. The minimum atomic E-state index is 0.160. The second kappa shape index (κ2) is 6.25. The minimum absolute atomic E-state index is 0.160. The van der Waals surface area contributed by atoms with Crippen LogP contribution in [0.15, 0.2) is 24.3 Å². The Labute approximate surface area is 121 Å². The largest absolute Gasteiger partial charge is 0.326 e. The summed E-state index contributed by atoms with van der Waals surface area (Å²) in [6.45, 7) is 4.48. The highest BCUT2D eigenvalue weighted by Crippen LogP contribution is 2.38. The second-order valence-electron chi connectivity index (χ2n) is 5.81. The van der Waals surface area contributed by atoms with Crippen LogP contribution in [0.4, 0.5) is 0 Å². The maximum atomic E-state index is 6.37. The molecule has 1 aromatic carbocycles. The predicted octanol–water partition coefficient (Wildman–Crippen LogP) is 3.85. The standard InChI is InChI=1S/C16H25ClN2/c1-4-15(18)16(13-7-9-14(17)10-8-13)19(3)11(2)12-5-6-12/h7-12,15-16H,4-6,18H2,1-3H3. The molecule has 1 aromatic rings. The molecule has 0 amide bonds. The van der Waals surface area contributed by atoms with Gasteiger partial charge >= 0.3 is 0 Å². The van der Waals surface area contributed by atoms with Crippen LogP contribution in [0.25, 0.3) is 0 Å². The highest BCUT2D eigenvalue weighted by Gasteiger charge is 2.35. The molecule has 106 valence electrons. The van der Waals surface area contributed by atoms with E-state index in [9.17, 15) is 0 Å². The highest BCUT2D eigenvalue weighted by atomic mass is 35.5. The van der Waals surface area contributed by atoms with E-state index in [4.69, 9.17) is 17.3 Å². The molecule has 0 aliphatic heterocycles. The first-order valence-corrected chi connectivity index (χ1v) is 7.65. The maximum absolute atomic E-state index is 6.37. The van der Waals surface area contributed by atoms with Crippen LogP contribution in [0.3, 0.4) is 0 Å². The number of benzene rings is 1. The first-order chi connectivity index (χ1) is 9.04. The maximum Gasteiger partial charge on any atom is 0.0498 e. The molecule has 3 atom stereocenters. The molecule has 0 spiro atoms. The molecule has 2 N–H and O–H groups in total. The van der Waals surface area contributed by atoms with Gasteiger partial charge in [-0.05, 0) is 56.8 Å². The number of nitrogens with two attached hydrogens (primary N) is 1. The summed E-state index contributed by atoms with van der Waals surface area (Å²) in [6.07, 6.45) is 3.70. The molecule has 0 aromatic heterocycles. The minimum Gasteiger partial charge on any atom is -0.326 e. The molecule has 0 bridgehead atoms. The van der Waals surface area contributed by atoms with Crippen LogP contribution in [-0.2, 0) is 0 Å². The fraction of sp³-hybridized carbons (Fsp3) is 0.625. The van der Waals surface area contributed by atoms with Crippen LogP contribution in [0, 0.1) is 5.92 Å². The van der Waals surface area contributed by atoms with Gasteiger partial charge in [-0.25, -0.2) is 0 Å². The molecule has 1 saturated carbocycles. The lowest BCUT2D eigenvalue weighted by atomic mass is 9.95. The van der Waals surface area contributed by atoms with Gasteiger partial charge in [0, 0.05) is 23.1 Å². The Balaban J connectivity index is 2.21. The summed E-state index contributed by atoms with van der Waals surface area (Å²) in [5, 5.41) is 0.783. The molecule has 0 heterocycles. The number of nitrogens with zero attached hydrogens (tertiary/aromatic N) is 1. The molecule has 1 aliphatic rings. The van der Waals surface area contributed by atoms with E-state index in [-0.39, 0.29) is 12.1 Å². The van der Waals surface area contributed by atoms with E-state index < -0.39 is 0 Å². The van der Waals surface area contributed by atoms with Crippen molar-refractivity contribution >= 4 is 11.6 Å².